The van der Waals surface area contributed by atoms with Crippen LogP contribution in [0.3, 0.4) is 0 Å². The summed E-state index contributed by atoms with van der Waals surface area (Å²) in [4.78, 5) is 11.0. The molecule has 0 radical (unpaired) electrons. The number of ether oxygens (including phenoxy) is 1. The maximum absolute atomic E-state index is 11.0. The van der Waals surface area contributed by atoms with Gasteiger partial charge < -0.3 is 4.74 Å². The molecule has 0 aliphatic heterocycles. The van der Waals surface area contributed by atoms with Crippen LogP contribution in [-0.2, 0) is 9.53 Å². The lowest BCUT2D eigenvalue weighted by molar-refractivity contribution is -0.158. The maximum Gasteiger partial charge on any atom is 0.304 e. The Kier molecular flexibility index (Phi) is 2.22. The first-order valence-electron chi connectivity index (χ1n) is 5.27. The highest BCUT2D eigenvalue weighted by molar-refractivity contribution is 5.67. The van der Waals surface area contributed by atoms with Crippen LogP contribution in [0.1, 0.15) is 39.0 Å². The summed E-state index contributed by atoms with van der Waals surface area (Å²) in [5.41, 5.74) is -0.793. The van der Waals surface area contributed by atoms with E-state index in [1.54, 1.807) is 0 Å². The molecule has 3 heteroatoms. The number of esters is 1. The highest BCUT2D eigenvalue weighted by Crippen LogP contribution is 2.48. The number of nitrogens with zero attached hydrogens (tertiary/aromatic N) is 1. The van der Waals surface area contributed by atoms with E-state index >= 15 is 0 Å². The number of nitriles is 1. The summed E-state index contributed by atoms with van der Waals surface area (Å²) >= 11 is 0. The average molecular weight is 193 g/mol. The number of fused-ring (bicyclic) bond motifs is 2. The quantitative estimate of drug-likeness (QED) is 0.598. The fraction of sp³-hybridized carbons (Fsp3) is 0.818. The SMILES string of the molecule is CC(=O)OC1(C#N)CCC2CCC1C2. The summed E-state index contributed by atoms with van der Waals surface area (Å²) in [6, 6.07) is 2.23. The summed E-state index contributed by atoms with van der Waals surface area (Å²) in [5.74, 6) is 0.740. The molecular formula is C11H15NO2. The number of carbonyl (C=O) groups excluding carboxylic acids is 1. The lowest BCUT2D eigenvalue weighted by atomic mass is 9.77. The lowest BCUT2D eigenvalue weighted by Gasteiger charge is -2.35. The monoisotopic (exact) mass is 193 g/mol. The van der Waals surface area contributed by atoms with Crippen LogP contribution >= 0.6 is 0 Å². The molecule has 14 heavy (non-hydrogen) atoms. The minimum absolute atomic E-state index is 0.287. The Hall–Kier alpha value is -1.04. The molecule has 2 bridgehead atoms. The van der Waals surface area contributed by atoms with Crippen molar-refractivity contribution in [3.8, 4) is 6.07 Å². The first-order chi connectivity index (χ1) is 6.66. The second-order valence-electron chi connectivity index (χ2n) is 4.51. The molecule has 3 atom stereocenters. The maximum atomic E-state index is 11.0. The molecule has 0 aromatic carbocycles. The van der Waals surface area contributed by atoms with Crippen molar-refractivity contribution in [3.05, 3.63) is 0 Å². The predicted molar refractivity (Wildman–Crippen MR) is 50.2 cm³/mol. The van der Waals surface area contributed by atoms with E-state index < -0.39 is 5.60 Å². The van der Waals surface area contributed by atoms with Crippen LogP contribution in [0, 0.1) is 23.2 Å². The van der Waals surface area contributed by atoms with E-state index in [0.717, 1.165) is 31.6 Å². The van der Waals surface area contributed by atoms with Crippen molar-refractivity contribution in [2.75, 3.05) is 0 Å². The van der Waals surface area contributed by atoms with Gasteiger partial charge >= 0.3 is 5.97 Å². The Morgan fingerprint density at radius 3 is 2.93 bits per heavy atom. The number of hydrogen-bond acceptors (Lipinski definition) is 3. The van der Waals surface area contributed by atoms with Gasteiger partial charge in [-0.25, -0.2) is 0 Å². The molecule has 3 unspecified atom stereocenters. The highest BCUT2D eigenvalue weighted by Gasteiger charge is 2.49. The van der Waals surface area contributed by atoms with Crippen LogP contribution in [-0.4, -0.2) is 11.6 Å². The summed E-state index contributed by atoms with van der Waals surface area (Å²) in [5, 5.41) is 9.18. The number of hydrogen-bond donors (Lipinski definition) is 0. The van der Waals surface area contributed by atoms with Gasteiger partial charge in [-0.15, -0.1) is 0 Å². The predicted octanol–water partition coefficient (Wildman–Crippen LogP) is 2.02. The molecule has 2 rings (SSSR count). The normalized spacial score (nSPS) is 40.3. The third kappa shape index (κ3) is 1.39. The fourth-order valence-electron chi connectivity index (χ4n) is 2.94. The fourth-order valence-corrected chi connectivity index (χ4v) is 2.94. The molecule has 2 aliphatic carbocycles. The zero-order valence-corrected chi connectivity index (χ0v) is 8.45. The Bertz CT molecular complexity index is 294. The van der Waals surface area contributed by atoms with Crippen molar-refractivity contribution in [1.82, 2.24) is 0 Å². The largest absolute Gasteiger partial charge is 0.444 e. The van der Waals surface area contributed by atoms with E-state index in [4.69, 9.17) is 4.74 Å². The van der Waals surface area contributed by atoms with Crippen LogP contribution in [0.4, 0.5) is 0 Å². The molecular weight excluding hydrogens is 178 g/mol. The zero-order chi connectivity index (χ0) is 10.2. The summed E-state index contributed by atoms with van der Waals surface area (Å²) in [6.45, 7) is 1.39. The molecule has 0 heterocycles. The van der Waals surface area contributed by atoms with Crippen LogP contribution in [0.5, 0.6) is 0 Å². The van der Waals surface area contributed by atoms with E-state index in [0.29, 0.717) is 0 Å². The van der Waals surface area contributed by atoms with Crippen molar-refractivity contribution in [2.24, 2.45) is 11.8 Å². The van der Waals surface area contributed by atoms with Crippen molar-refractivity contribution in [1.29, 1.82) is 5.26 Å². The van der Waals surface area contributed by atoms with Gasteiger partial charge in [0.25, 0.3) is 0 Å². The molecule has 3 nitrogen and oxygen atoms in total. The molecule has 0 amide bonds. The van der Waals surface area contributed by atoms with Crippen LogP contribution in [0.2, 0.25) is 0 Å². The van der Waals surface area contributed by atoms with Gasteiger partial charge in [0.2, 0.25) is 0 Å². The van der Waals surface area contributed by atoms with E-state index in [1.807, 2.05) is 0 Å². The van der Waals surface area contributed by atoms with Gasteiger partial charge in [0.1, 0.15) is 6.07 Å². The van der Waals surface area contributed by atoms with E-state index in [1.165, 1.54) is 13.3 Å². The molecule has 0 aromatic rings. The van der Waals surface area contributed by atoms with Crippen molar-refractivity contribution in [3.63, 3.8) is 0 Å². The molecule has 0 spiro atoms. The second-order valence-corrected chi connectivity index (χ2v) is 4.51. The summed E-state index contributed by atoms with van der Waals surface area (Å²) in [7, 11) is 0. The molecule has 2 aliphatic rings. The third-order valence-electron chi connectivity index (χ3n) is 3.64. The Balaban J connectivity index is 2.19. The van der Waals surface area contributed by atoms with Gasteiger partial charge in [-0.1, -0.05) is 0 Å². The molecule has 0 saturated heterocycles. The Morgan fingerprint density at radius 1 is 1.50 bits per heavy atom. The Labute approximate surface area is 84.0 Å². The first kappa shape index (κ1) is 9.51. The van der Waals surface area contributed by atoms with Gasteiger partial charge in [-0.2, -0.15) is 5.26 Å². The van der Waals surface area contributed by atoms with E-state index in [2.05, 4.69) is 6.07 Å². The topological polar surface area (TPSA) is 50.1 Å². The number of rotatable bonds is 1. The Morgan fingerprint density at radius 2 is 2.29 bits per heavy atom. The second kappa shape index (κ2) is 3.27. The van der Waals surface area contributed by atoms with Crippen molar-refractivity contribution >= 4 is 5.97 Å². The highest BCUT2D eigenvalue weighted by atomic mass is 16.6. The van der Waals surface area contributed by atoms with Gasteiger partial charge in [-0.05, 0) is 31.6 Å². The lowest BCUT2D eigenvalue weighted by Crippen LogP contribution is -2.42. The molecule has 2 saturated carbocycles. The first-order valence-corrected chi connectivity index (χ1v) is 5.27. The van der Waals surface area contributed by atoms with Crippen LogP contribution < -0.4 is 0 Å². The number of carbonyl (C=O) groups is 1. The zero-order valence-electron chi connectivity index (χ0n) is 8.45. The standard InChI is InChI=1S/C11H15NO2/c1-8(13)14-11(7-12)5-4-9-2-3-10(11)6-9/h9-10H,2-6H2,1H3. The molecule has 76 valence electrons. The molecule has 0 N–H and O–H groups in total. The molecule has 0 aromatic heterocycles. The summed E-state index contributed by atoms with van der Waals surface area (Å²) < 4.78 is 5.26. The van der Waals surface area contributed by atoms with Gasteiger partial charge in [-0.3, -0.25) is 4.79 Å². The smallest absolute Gasteiger partial charge is 0.304 e. The van der Waals surface area contributed by atoms with Gasteiger partial charge in [0, 0.05) is 19.3 Å². The van der Waals surface area contributed by atoms with E-state index in [-0.39, 0.29) is 11.9 Å². The van der Waals surface area contributed by atoms with Gasteiger partial charge in [0.05, 0.1) is 0 Å². The van der Waals surface area contributed by atoms with Crippen molar-refractivity contribution in [2.45, 2.75) is 44.6 Å². The third-order valence-corrected chi connectivity index (χ3v) is 3.64. The van der Waals surface area contributed by atoms with E-state index in [9.17, 15) is 10.1 Å². The minimum atomic E-state index is -0.793. The van der Waals surface area contributed by atoms with Crippen LogP contribution in [0.25, 0.3) is 0 Å². The van der Waals surface area contributed by atoms with Crippen LogP contribution in [0.15, 0.2) is 0 Å². The average Bonchev–Trinajstić information content (AvgIpc) is 2.55. The minimum Gasteiger partial charge on any atom is -0.444 e. The summed E-state index contributed by atoms with van der Waals surface area (Å²) in [6.07, 6.45) is 5.09. The molecule has 2 fully saturated rings. The van der Waals surface area contributed by atoms with Gasteiger partial charge in [0.15, 0.2) is 5.60 Å². The van der Waals surface area contributed by atoms with Crippen molar-refractivity contribution < 1.29 is 9.53 Å².